The third kappa shape index (κ3) is 3.47. The van der Waals surface area contributed by atoms with Gasteiger partial charge in [0.05, 0.1) is 33.6 Å². The summed E-state index contributed by atoms with van der Waals surface area (Å²) >= 11 is 0. The molecule has 0 fully saturated rings. The Bertz CT molecular complexity index is 1180. The molecule has 0 unspecified atom stereocenters. The van der Waals surface area contributed by atoms with E-state index < -0.39 is 0 Å². The lowest BCUT2D eigenvalue weighted by Gasteiger charge is -2.10. The van der Waals surface area contributed by atoms with Gasteiger partial charge >= 0.3 is 0 Å². The first-order valence-corrected chi connectivity index (χ1v) is 9.90. The molecule has 7 heteroatoms. The molecule has 0 spiro atoms. The topological polar surface area (TPSA) is 79.3 Å². The van der Waals surface area contributed by atoms with Gasteiger partial charge in [0.1, 0.15) is 11.1 Å². The first kappa shape index (κ1) is 19.8. The molecule has 0 atom stereocenters. The fourth-order valence-electron chi connectivity index (χ4n) is 3.83. The zero-order valence-corrected chi connectivity index (χ0v) is 17.8. The van der Waals surface area contributed by atoms with Crippen molar-refractivity contribution in [3.8, 4) is 11.5 Å². The Hall–Kier alpha value is -3.48. The van der Waals surface area contributed by atoms with Crippen LogP contribution in [0.2, 0.25) is 0 Å². The van der Waals surface area contributed by atoms with E-state index in [2.05, 4.69) is 18.4 Å². The molecule has 4 rings (SSSR count). The van der Waals surface area contributed by atoms with E-state index in [1.165, 1.54) is 0 Å². The zero-order valence-electron chi connectivity index (χ0n) is 17.8. The van der Waals surface area contributed by atoms with E-state index in [0.717, 1.165) is 57.4 Å². The molecular weight excluding hydrogens is 380 g/mol. The number of hydrogen-bond acceptors (Lipinski definition) is 5. The first-order chi connectivity index (χ1) is 14.5. The highest BCUT2D eigenvalue weighted by Crippen LogP contribution is 2.29. The molecule has 0 aliphatic rings. The fraction of sp³-hybridized carbons (Fsp3) is 0.304. The zero-order chi connectivity index (χ0) is 21.3. The second-order valence-electron chi connectivity index (χ2n) is 7.34. The van der Waals surface area contributed by atoms with Crippen LogP contribution in [0.15, 0.2) is 47.3 Å². The number of hydrogen-bond donors (Lipinski definition) is 1. The number of fused-ring (bicyclic) bond motifs is 1. The van der Waals surface area contributed by atoms with E-state index >= 15 is 0 Å². The molecule has 2 N–H and O–H groups in total. The third-order valence-electron chi connectivity index (χ3n) is 5.67. The van der Waals surface area contributed by atoms with Gasteiger partial charge in [-0.1, -0.05) is 11.1 Å². The monoisotopic (exact) mass is 407 g/mol. The van der Waals surface area contributed by atoms with Crippen LogP contribution in [0.1, 0.15) is 22.6 Å². The van der Waals surface area contributed by atoms with Crippen LogP contribution in [0.4, 0.5) is 5.82 Å². The van der Waals surface area contributed by atoms with Gasteiger partial charge in [-0.05, 0) is 49.2 Å². The maximum Gasteiger partial charge on any atom is 0.232 e. The van der Waals surface area contributed by atoms with Crippen LogP contribution in [0.25, 0.3) is 11.0 Å². The molecule has 0 radical (unpaired) electrons. The average molecular weight is 407 g/mol. The molecular formula is C23H27N4O3+. The maximum absolute atomic E-state index is 6.58. The van der Waals surface area contributed by atoms with Gasteiger partial charge < -0.3 is 24.2 Å². The molecule has 156 valence electrons. The van der Waals surface area contributed by atoms with Gasteiger partial charge in [0.2, 0.25) is 17.8 Å². The Morgan fingerprint density at radius 1 is 1.13 bits per heavy atom. The van der Waals surface area contributed by atoms with Crippen molar-refractivity contribution < 1.29 is 18.5 Å². The lowest BCUT2D eigenvalue weighted by molar-refractivity contribution is -0.684. The average Bonchev–Trinajstić information content (AvgIpc) is 3.36. The van der Waals surface area contributed by atoms with Crippen LogP contribution in [0.5, 0.6) is 11.5 Å². The number of ether oxygens (including phenoxy) is 2. The summed E-state index contributed by atoms with van der Waals surface area (Å²) in [7, 11) is 3.28. The molecule has 0 saturated heterocycles. The van der Waals surface area contributed by atoms with Crippen molar-refractivity contribution in [3.05, 3.63) is 65.5 Å². The Kier molecular flexibility index (Phi) is 5.35. The van der Waals surface area contributed by atoms with E-state index in [-0.39, 0.29) is 0 Å². The summed E-state index contributed by atoms with van der Waals surface area (Å²) in [4.78, 5) is 4.74. The van der Waals surface area contributed by atoms with Crippen molar-refractivity contribution >= 4 is 16.9 Å². The Morgan fingerprint density at radius 3 is 2.63 bits per heavy atom. The second kappa shape index (κ2) is 8.10. The van der Waals surface area contributed by atoms with Gasteiger partial charge in [-0.15, -0.1) is 0 Å². The van der Waals surface area contributed by atoms with Gasteiger partial charge in [-0.3, -0.25) is 0 Å². The molecule has 3 aromatic heterocycles. The van der Waals surface area contributed by atoms with Gasteiger partial charge in [0, 0.05) is 12.1 Å². The standard InChI is InChI=1S/C23H26N4O3/c1-15-16(2)27(13-18-6-5-11-30-18)23-21(15)22(24)26(14-25-23)10-9-17-7-8-19(28-3)20(12-17)29-4/h5-8,11-12,14,24H,9-10,13H2,1-4H3/p+1. The largest absolute Gasteiger partial charge is 0.493 e. The van der Waals surface area contributed by atoms with Gasteiger partial charge in [0.15, 0.2) is 11.5 Å². The summed E-state index contributed by atoms with van der Waals surface area (Å²) in [5.41, 5.74) is 10.9. The second-order valence-corrected chi connectivity index (χ2v) is 7.34. The normalized spacial score (nSPS) is 11.2. The molecule has 0 aliphatic carbocycles. The molecule has 0 amide bonds. The minimum absolute atomic E-state index is 0.630. The summed E-state index contributed by atoms with van der Waals surface area (Å²) in [6.07, 6.45) is 4.30. The molecule has 0 bridgehead atoms. The lowest BCUT2D eigenvalue weighted by Crippen LogP contribution is -2.38. The lowest BCUT2D eigenvalue weighted by atomic mass is 10.1. The third-order valence-corrected chi connectivity index (χ3v) is 5.67. The number of nitrogen functional groups attached to an aromatic ring is 1. The van der Waals surface area contributed by atoms with Crippen LogP contribution >= 0.6 is 0 Å². The molecule has 0 aliphatic heterocycles. The number of aromatic nitrogens is 3. The minimum atomic E-state index is 0.630. The summed E-state index contributed by atoms with van der Waals surface area (Å²) in [5, 5.41) is 0.994. The number of rotatable bonds is 7. The van der Waals surface area contributed by atoms with E-state index in [1.54, 1.807) is 20.5 Å². The number of aryl methyl sites for hydroxylation is 3. The van der Waals surface area contributed by atoms with Crippen LogP contribution < -0.4 is 19.8 Å². The summed E-state index contributed by atoms with van der Waals surface area (Å²) in [6, 6.07) is 9.82. The van der Waals surface area contributed by atoms with Crippen molar-refractivity contribution in [1.82, 2.24) is 9.55 Å². The van der Waals surface area contributed by atoms with Gasteiger partial charge in [-0.2, -0.15) is 0 Å². The Morgan fingerprint density at radius 2 is 1.93 bits per heavy atom. The van der Waals surface area contributed by atoms with Crippen LogP contribution in [0, 0.1) is 13.8 Å². The van der Waals surface area contributed by atoms with Crippen LogP contribution in [0.3, 0.4) is 0 Å². The summed E-state index contributed by atoms with van der Waals surface area (Å²) < 4.78 is 20.4. The highest BCUT2D eigenvalue weighted by atomic mass is 16.5. The Labute approximate surface area is 175 Å². The van der Waals surface area contributed by atoms with E-state index in [1.807, 2.05) is 41.2 Å². The van der Waals surface area contributed by atoms with Crippen LogP contribution in [-0.2, 0) is 19.5 Å². The smallest absolute Gasteiger partial charge is 0.232 e. The molecule has 1 aromatic carbocycles. The summed E-state index contributed by atoms with van der Waals surface area (Å²) in [6.45, 7) is 5.53. The highest BCUT2D eigenvalue weighted by Gasteiger charge is 2.22. The highest BCUT2D eigenvalue weighted by molar-refractivity contribution is 5.89. The molecule has 30 heavy (non-hydrogen) atoms. The Balaban J connectivity index is 1.63. The summed E-state index contributed by atoms with van der Waals surface area (Å²) in [5.74, 6) is 3.06. The van der Waals surface area contributed by atoms with Crippen LogP contribution in [-0.4, -0.2) is 23.8 Å². The van der Waals surface area contributed by atoms with E-state index in [9.17, 15) is 0 Å². The van der Waals surface area contributed by atoms with Crippen molar-refractivity contribution in [2.75, 3.05) is 20.0 Å². The molecule has 7 nitrogen and oxygen atoms in total. The number of nitrogens with two attached hydrogens (primary N) is 1. The number of nitrogens with zero attached hydrogens (tertiary/aromatic N) is 3. The molecule has 4 aromatic rings. The van der Waals surface area contributed by atoms with Crippen molar-refractivity contribution in [1.29, 1.82) is 0 Å². The van der Waals surface area contributed by atoms with E-state index in [0.29, 0.717) is 13.1 Å². The predicted octanol–water partition coefficient (Wildman–Crippen LogP) is 3.42. The predicted molar refractivity (Wildman–Crippen MR) is 115 cm³/mol. The molecule has 3 heterocycles. The quantitative estimate of drug-likeness (QED) is 0.475. The number of benzene rings is 1. The number of anilines is 1. The van der Waals surface area contributed by atoms with Gasteiger partial charge in [-0.25, -0.2) is 4.57 Å². The maximum atomic E-state index is 6.58. The molecule has 0 saturated carbocycles. The van der Waals surface area contributed by atoms with Crippen molar-refractivity contribution in [2.45, 2.75) is 33.4 Å². The fourth-order valence-corrected chi connectivity index (χ4v) is 3.83. The number of methoxy groups -OCH3 is 2. The first-order valence-electron chi connectivity index (χ1n) is 9.90. The van der Waals surface area contributed by atoms with Crippen molar-refractivity contribution in [3.63, 3.8) is 0 Å². The van der Waals surface area contributed by atoms with Gasteiger partial charge in [0.25, 0.3) is 0 Å². The van der Waals surface area contributed by atoms with Crippen molar-refractivity contribution in [2.24, 2.45) is 0 Å². The number of furan rings is 1. The SMILES string of the molecule is COc1ccc(CC[n+]2cnc3c(c(C)c(C)n3Cc3ccco3)c2N)cc1OC. The minimum Gasteiger partial charge on any atom is -0.493 e. The van der Waals surface area contributed by atoms with E-state index in [4.69, 9.17) is 24.6 Å².